The van der Waals surface area contributed by atoms with E-state index < -0.39 is 6.36 Å². The van der Waals surface area contributed by atoms with Crippen molar-refractivity contribution in [3.63, 3.8) is 0 Å². The predicted octanol–water partition coefficient (Wildman–Crippen LogP) is 2.70. The summed E-state index contributed by atoms with van der Waals surface area (Å²) >= 11 is 2.97. The smallest absolute Gasteiger partial charge is 0.405 e. The molecule has 0 atom stereocenters. The molecule has 94 valence electrons. The number of benzene rings is 1. The standard InChI is InChI=1S/C9H9BrF3N3O/c1-15-8(14)16-5-2-3-7(6(10)4-5)17-9(11,12)13/h2-4H,1H3,(H3,14,15,16). The van der Waals surface area contributed by atoms with Gasteiger partial charge in [0, 0.05) is 12.7 Å². The lowest BCUT2D eigenvalue weighted by Gasteiger charge is -2.12. The third-order valence-corrected chi connectivity index (χ3v) is 2.29. The number of halogens is 4. The van der Waals surface area contributed by atoms with Gasteiger partial charge in [0.2, 0.25) is 0 Å². The largest absolute Gasteiger partial charge is 0.573 e. The monoisotopic (exact) mass is 311 g/mol. The van der Waals surface area contributed by atoms with Crippen molar-refractivity contribution in [3.8, 4) is 5.75 Å². The predicted molar refractivity (Wildman–Crippen MR) is 62.0 cm³/mol. The first kappa shape index (κ1) is 13.6. The number of anilines is 1. The molecule has 0 bridgehead atoms. The van der Waals surface area contributed by atoms with Gasteiger partial charge in [-0.2, -0.15) is 0 Å². The van der Waals surface area contributed by atoms with Crippen LogP contribution in [0.2, 0.25) is 0 Å². The lowest BCUT2D eigenvalue weighted by atomic mass is 10.3. The third-order valence-electron chi connectivity index (χ3n) is 1.67. The Morgan fingerprint density at radius 2 is 2.12 bits per heavy atom. The Balaban J connectivity index is 2.87. The fourth-order valence-electron chi connectivity index (χ4n) is 0.990. The summed E-state index contributed by atoms with van der Waals surface area (Å²) in [5, 5.41) is 2.68. The van der Waals surface area contributed by atoms with Crippen molar-refractivity contribution in [3.05, 3.63) is 22.7 Å². The molecule has 0 heterocycles. The van der Waals surface area contributed by atoms with Gasteiger partial charge in [-0.25, -0.2) is 0 Å². The average Bonchev–Trinajstić information content (AvgIpc) is 2.20. The van der Waals surface area contributed by atoms with Crippen LogP contribution in [0.1, 0.15) is 0 Å². The van der Waals surface area contributed by atoms with E-state index in [0.717, 1.165) is 0 Å². The van der Waals surface area contributed by atoms with E-state index >= 15 is 0 Å². The molecule has 4 nitrogen and oxygen atoms in total. The number of nitrogens with zero attached hydrogens (tertiary/aromatic N) is 1. The van der Waals surface area contributed by atoms with Gasteiger partial charge in [0.25, 0.3) is 0 Å². The van der Waals surface area contributed by atoms with Crippen molar-refractivity contribution in [1.29, 1.82) is 0 Å². The molecule has 0 aliphatic rings. The zero-order valence-corrected chi connectivity index (χ0v) is 10.3. The molecule has 17 heavy (non-hydrogen) atoms. The molecule has 0 saturated heterocycles. The lowest BCUT2D eigenvalue weighted by molar-refractivity contribution is -0.274. The van der Waals surface area contributed by atoms with Gasteiger partial charge in [0.05, 0.1) is 4.47 Å². The summed E-state index contributed by atoms with van der Waals surface area (Å²) in [7, 11) is 1.48. The fraction of sp³-hybridized carbons (Fsp3) is 0.222. The van der Waals surface area contributed by atoms with Crippen LogP contribution in [0, 0.1) is 0 Å². The second-order valence-electron chi connectivity index (χ2n) is 2.93. The van der Waals surface area contributed by atoms with Crippen LogP contribution in [0.4, 0.5) is 18.9 Å². The minimum absolute atomic E-state index is 0.154. The highest BCUT2D eigenvalue weighted by Gasteiger charge is 2.31. The minimum atomic E-state index is -4.72. The summed E-state index contributed by atoms with van der Waals surface area (Å²) in [6.45, 7) is 0. The topological polar surface area (TPSA) is 59.6 Å². The number of nitrogens with one attached hydrogen (secondary N) is 1. The van der Waals surface area contributed by atoms with Gasteiger partial charge in [-0.1, -0.05) is 0 Å². The van der Waals surface area contributed by atoms with E-state index in [1.807, 2.05) is 0 Å². The molecule has 1 aromatic rings. The van der Waals surface area contributed by atoms with E-state index in [1.165, 1.54) is 25.2 Å². The number of hydrogen-bond donors (Lipinski definition) is 2. The number of ether oxygens (including phenoxy) is 1. The van der Waals surface area contributed by atoms with Gasteiger partial charge in [-0.3, -0.25) is 4.99 Å². The Bertz CT molecular complexity index is 434. The van der Waals surface area contributed by atoms with Gasteiger partial charge in [-0.05, 0) is 34.1 Å². The molecule has 0 spiro atoms. The number of nitrogens with two attached hydrogens (primary N) is 1. The molecule has 0 aromatic heterocycles. The van der Waals surface area contributed by atoms with Crippen LogP contribution in [0.25, 0.3) is 0 Å². The third kappa shape index (κ3) is 4.51. The normalized spacial score (nSPS) is 12.4. The molecule has 0 fully saturated rings. The zero-order valence-electron chi connectivity index (χ0n) is 8.68. The molecule has 0 amide bonds. The number of aliphatic imine (C=N–C) groups is 1. The van der Waals surface area contributed by atoms with Gasteiger partial charge in [0.1, 0.15) is 5.75 Å². The van der Waals surface area contributed by atoms with E-state index in [4.69, 9.17) is 5.73 Å². The van der Waals surface area contributed by atoms with Crippen LogP contribution in [0.15, 0.2) is 27.7 Å². The van der Waals surface area contributed by atoms with Crippen LogP contribution in [-0.4, -0.2) is 19.4 Å². The maximum absolute atomic E-state index is 12.0. The fourth-order valence-corrected chi connectivity index (χ4v) is 1.45. The summed E-state index contributed by atoms with van der Waals surface area (Å²) in [5.41, 5.74) is 5.90. The van der Waals surface area contributed by atoms with Gasteiger partial charge in [-0.15, -0.1) is 13.2 Å². The quantitative estimate of drug-likeness (QED) is 0.652. The maximum atomic E-state index is 12.0. The first-order valence-electron chi connectivity index (χ1n) is 4.36. The highest BCUT2D eigenvalue weighted by atomic mass is 79.9. The van der Waals surface area contributed by atoms with Crippen LogP contribution < -0.4 is 15.8 Å². The summed E-state index contributed by atoms with van der Waals surface area (Å²) in [4.78, 5) is 3.65. The molecule has 0 saturated carbocycles. The maximum Gasteiger partial charge on any atom is 0.573 e. The molecule has 0 aliphatic heterocycles. The Hall–Kier alpha value is -1.44. The minimum Gasteiger partial charge on any atom is -0.405 e. The summed E-state index contributed by atoms with van der Waals surface area (Å²) in [5.74, 6) is -0.170. The zero-order chi connectivity index (χ0) is 13.1. The van der Waals surface area contributed by atoms with Crippen molar-refractivity contribution in [2.24, 2.45) is 10.7 Å². The number of guanidine groups is 1. The Morgan fingerprint density at radius 3 is 2.59 bits per heavy atom. The second kappa shape index (κ2) is 5.26. The molecule has 0 aliphatic carbocycles. The Morgan fingerprint density at radius 1 is 1.47 bits per heavy atom. The van der Waals surface area contributed by atoms with Crippen LogP contribution in [0.3, 0.4) is 0 Å². The number of hydrogen-bond acceptors (Lipinski definition) is 2. The highest BCUT2D eigenvalue weighted by molar-refractivity contribution is 9.10. The number of rotatable bonds is 2. The first-order valence-corrected chi connectivity index (χ1v) is 5.15. The molecular weight excluding hydrogens is 303 g/mol. The second-order valence-corrected chi connectivity index (χ2v) is 3.78. The van der Waals surface area contributed by atoms with E-state index in [0.29, 0.717) is 5.69 Å². The number of alkyl halides is 3. The summed E-state index contributed by atoms with van der Waals surface area (Å²) in [6.07, 6.45) is -4.72. The SMILES string of the molecule is CN=C(N)Nc1ccc(OC(F)(F)F)c(Br)c1. The van der Waals surface area contributed by atoms with Crippen LogP contribution in [-0.2, 0) is 0 Å². The van der Waals surface area contributed by atoms with Crippen molar-refractivity contribution in [2.45, 2.75) is 6.36 Å². The Labute approximate surface area is 104 Å². The molecular formula is C9H9BrF3N3O. The molecule has 3 N–H and O–H groups in total. The molecule has 1 rings (SSSR count). The first-order chi connectivity index (χ1) is 7.81. The summed E-state index contributed by atoms with van der Waals surface area (Å²) < 4.78 is 39.9. The summed E-state index contributed by atoms with van der Waals surface area (Å²) in [6, 6.07) is 3.96. The van der Waals surface area contributed by atoms with Crippen molar-refractivity contribution < 1.29 is 17.9 Å². The van der Waals surface area contributed by atoms with Gasteiger partial charge in [0.15, 0.2) is 5.96 Å². The van der Waals surface area contributed by atoms with Gasteiger partial charge >= 0.3 is 6.36 Å². The van der Waals surface area contributed by atoms with Crippen molar-refractivity contribution in [1.82, 2.24) is 0 Å². The average molecular weight is 312 g/mol. The van der Waals surface area contributed by atoms with E-state index in [9.17, 15) is 13.2 Å². The highest BCUT2D eigenvalue weighted by Crippen LogP contribution is 2.32. The van der Waals surface area contributed by atoms with Crippen LogP contribution in [0.5, 0.6) is 5.75 Å². The molecule has 0 radical (unpaired) electrons. The van der Waals surface area contributed by atoms with E-state index in [-0.39, 0.29) is 16.2 Å². The van der Waals surface area contributed by atoms with Crippen molar-refractivity contribution in [2.75, 3.05) is 12.4 Å². The molecule has 1 aromatic carbocycles. The van der Waals surface area contributed by atoms with E-state index in [2.05, 4.69) is 31.0 Å². The molecule has 8 heteroatoms. The van der Waals surface area contributed by atoms with Gasteiger partial charge < -0.3 is 15.8 Å². The lowest BCUT2D eigenvalue weighted by Crippen LogP contribution is -2.22. The van der Waals surface area contributed by atoms with Crippen molar-refractivity contribution >= 4 is 27.6 Å². The molecule has 0 unspecified atom stereocenters. The van der Waals surface area contributed by atoms with E-state index in [1.54, 1.807) is 0 Å². The van der Waals surface area contributed by atoms with Crippen LogP contribution >= 0.6 is 15.9 Å². The Kier molecular flexibility index (Phi) is 4.22.